The quantitative estimate of drug-likeness (QED) is 0.177. The Morgan fingerprint density at radius 2 is 0.663 bits per heavy atom. The zero-order chi connectivity index (χ0) is 59.4. The molecule has 422 valence electrons. The summed E-state index contributed by atoms with van der Waals surface area (Å²) in [5.74, 6) is 0. The van der Waals surface area contributed by atoms with Crippen LogP contribution in [-0.4, -0.2) is 16.0 Å². The number of rotatable bonds is 6. The van der Waals surface area contributed by atoms with Gasteiger partial charge in [0.15, 0.2) is 0 Å². The fraction of sp³-hybridized carbons (Fsp3) is 0.0149. The maximum Gasteiger partial charge on any atom is 0.0926 e. The van der Waals surface area contributed by atoms with Crippen LogP contribution in [0, 0.1) is 0 Å². The topological polar surface area (TPSA) is 41.7 Å². The van der Waals surface area contributed by atoms with E-state index in [1.54, 1.807) is 0 Å². The van der Waals surface area contributed by atoms with Crippen LogP contribution in [0.1, 0.15) is 52.9 Å². The molecule has 15 rings (SSSR count). The predicted octanol–water partition coefficient (Wildman–Crippen LogP) is 21.0. The van der Waals surface area contributed by atoms with Crippen molar-refractivity contribution >= 4 is 224 Å². The molecule has 5 aliphatic rings. The van der Waals surface area contributed by atoms with E-state index in [2.05, 4.69) is 34.1 Å². The normalized spacial score (nSPS) is 14.7. The van der Waals surface area contributed by atoms with E-state index >= 15 is 0 Å². The average molecular weight is 1410 g/mol. The van der Waals surface area contributed by atoms with Crippen LogP contribution in [0.25, 0.3) is 33.4 Å². The number of hydrogen-bond donors (Lipinski definition) is 1. The zero-order valence-corrected chi connectivity index (χ0v) is 55.1. The molecular weight excluding hydrogens is 1380 g/mol. The SMILES string of the molecule is Clc1cccc(Cl)c1C1=C2C=CC(=N2)C(c2c(Cl)cccc2Cl)=c2ccc(s2)=C(c2c(Cl)cccc2Cl)C2=NC(=C(c3c(Cl)cccc3Cl)c3cc4c(s3)C(c3c(Cl)cccc3Cl)=c3ccc(n3CN4)=C(c3c(Cl)cccc3Cl)c3ccc1s3)C=C2. The van der Waals surface area contributed by atoms with Crippen molar-refractivity contribution in [2.24, 2.45) is 9.98 Å². The molecule has 4 aromatic heterocycles. The molecule has 9 heterocycles. The Morgan fingerprint density at radius 3 is 1.07 bits per heavy atom. The number of nitrogens with zero attached hydrogens (tertiary/aromatic N) is 3. The number of thiophene rings is 3. The molecule has 0 spiro atoms. The Bertz CT molecular complexity index is 4970. The van der Waals surface area contributed by atoms with Gasteiger partial charge >= 0.3 is 0 Å². The Labute approximate surface area is 564 Å². The van der Waals surface area contributed by atoms with Gasteiger partial charge in [0.25, 0.3) is 0 Å². The summed E-state index contributed by atoms with van der Waals surface area (Å²) in [6, 6.07) is 47.1. The lowest BCUT2D eigenvalue weighted by molar-refractivity contribution is 0.737. The standard InChI is InChI=1S/C67H32Cl12N4S3/c68-31-7-1-8-32(69)55(31)61-43-19-20-44(81-43)63(57-35(72)11-3-12-36(57)73)52-27-28-53(85-52)65(59-39(76)15-5-16-40(59)77)48-23-24-49-66(60-41(78)17-6-18-42(60)79)67-47(80-30-83(48)49)29-54(86-67)64(58-37(74)13-4-14-38(58)75)46-22-21-45(82-46)62(51-26-25-50(61)84-51)56-33(70)9-2-10-34(56)71/h1-29,80H,30H2. The number of aliphatic imine (C=N–C) groups is 2. The van der Waals surface area contributed by atoms with Crippen LogP contribution in [0.3, 0.4) is 0 Å². The largest absolute Gasteiger partial charge is 0.366 e. The van der Waals surface area contributed by atoms with Crippen molar-refractivity contribution in [3.05, 3.63) is 320 Å². The first kappa shape index (κ1) is 58.4. The summed E-state index contributed by atoms with van der Waals surface area (Å²) in [7, 11) is 0. The van der Waals surface area contributed by atoms with Crippen molar-refractivity contribution in [3.63, 3.8) is 0 Å². The number of hydrogen-bond acceptors (Lipinski definition) is 6. The fourth-order valence-corrected chi connectivity index (χ4v) is 18.3. The van der Waals surface area contributed by atoms with Gasteiger partial charge in [0.2, 0.25) is 0 Å². The minimum atomic E-state index is 0.262. The highest BCUT2D eigenvalue weighted by molar-refractivity contribution is 7.15. The summed E-state index contributed by atoms with van der Waals surface area (Å²) < 4.78 is 3.74. The van der Waals surface area contributed by atoms with Crippen LogP contribution < -0.4 is 25.1 Å². The van der Waals surface area contributed by atoms with E-state index in [-0.39, 0.29) is 6.67 Å². The molecule has 10 aromatic rings. The third kappa shape index (κ3) is 10.1. The summed E-state index contributed by atoms with van der Waals surface area (Å²) in [4.78, 5) is 14.3. The Morgan fingerprint density at radius 1 is 0.326 bits per heavy atom. The molecule has 0 saturated carbocycles. The van der Waals surface area contributed by atoms with Gasteiger partial charge in [-0.05, 0) is 140 Å². The summed E-state index contributed by atoms with van der Waals surface area (Å²) >= 11 is 91.9. The lowest BCUT2D eigenvalue weighted by Crippen LogP contribution is -2.32. The van der Waals surface area contributed by atoms with Crippen LogP contribution in [0.2, 0.25) is 60.3 Å². The van der Waals surface area contributed by atoms with Crippen LogP contribution in [-0.2, 0) is 6.67 Å². The van der Waals surface area contributed by atoms with Gasteiger partial charge in [-0.3, -0.25) is 0 Å². The zero-order valence-electron chi connectivity index (χ0n) is 43.6. The summed E-state index contributed by atoms with van der Waals surface area (Å²) in [6.07, 6.45) is 7.82. The van der Waals surface area contributed by atoms with Gasteiger partial charge < -0.3 is 9.88 Å². The van der Waals surface area contributed by atoms with Crippen molar-refractivity contribution in [2.45, 2.75) is 6.67 Å². The highest BCUT2D eigenvalue weighted by atomic mass is 35.5. The Balaban J connectivity index is 1.18. The molecule has 0 radical (unpaired) electrons. The van der Waals surface area contributed by atoms with Crippen LogP contribution >= 0.6 is 173 Å². The third-order valence-corrected chi connectivity index (χ3v) is 22.1. The minimum absolute atomic E-state index is 0.262. The second kappa shape index (κ2) is 23.6. The maximum absolute atomic E-state index is 7.34. The maximum atomic E-state index is 7.34. The molecule has 1 N–H and O–H groups in total. The van der Waals surface area contributed by atoms with E-state index in [1.165, 1.54) is 34.0 Å². The molecule has 0 amide bonds. The molecule has 4 nitrogen and oxygen atoms in total. The first-order valence-electron chi connectivity index (χ1n) is 26.1. The lowest BCUT2D eigenvalue weighted by Gasteiger charge is -2.15. The fourth-order valence-electron chi connectivity index (χ4n) is 11.2. The highest BCUT2D eigenvalue weighted by Gasteiger charge is 2.32. The number of aromatic nitrogens is 1. The van der Waals surface area contributed by atoms with Gasteiger partial charge in [0.05, 0.1) is 111 Å². The second-order valence-corrected chi connectivity index (χ2v) is 27.9. The first-order chi connectivity index (χ1) is 41.6. The molecule has 0 saturated heterocycles. The summed E-state index contributed by atoms with van der Waals surface area (Å²) in [5, 5.41) is 10.5. The third-order valence-electron chi connectivity index (χ3n) is 14.9. The van der Waals surface area contributed by atoms with Crippen LogP contribution in [0.5, 0.6) is 0 Å². The van der Waals surface area contributed by atoms with E-state index in [4.69, 9.17) is 149 Å². The smallest absolute Gasteiger partial charge is 0.0926 e. The number of anilines is 1. The monoisotopic (exact) mass is 1410 g/mol. The molecule has 86 heavy (non-hydrogen) atoms. The molecule has 0 atom stereocenters. The van der Waals surface area contributed by atoms with Crippen molar-refractivity contribution in [1.29, 1.82) is 0 Å². The molecule has 0 aliphatic carbocycles. The van der Waals surface area contributed by atoms with Gasteiger partial charge in [-0.1, -0.05) is 176 Å². The number of allylic oxidation sites excluding steroid dienone is 4. The summed E-state index contributed by atoms with van der Waals surface area (Å²) in [6.45, 7) is 0.262. The Kier molecular flexibility index (Phi) is 16.0. The van der Waals surface area contributed by atoms with E-state index < -0.39 is 0 Å². The number of benzene rings is 6. The van der Waals surface area contributed by atoms with Gasteiger partial charge in [0.1, 0.15) is 0 Å². The molecule has 19 heteroatoms. The van der Waals surface area contributed by atoms with Gasteiger partial charge in [-0.2, -0.15) is 0 Å². The number of nitrogens with one attached hydrogen (secondary N) is 1. The lowest BCUT2D eigenvalue weighted by atomic mass is 10.00. The Hall–Kier alpha value is -5.24. The van der Waals surface area contributed by atoms with Crippen LogP contribution in [0.15, 0.2) is 197 Å². The van der Waals surface area contributed by atoms with E-state index in [9.17, 15) is 0 Å². The molecule has 0 unspecified atom stereocenters. The average Bonchev–Trinajstić information content (AvgIpc) is 1.65. The van der Waals surface area contributed by atoms with Crippen molar-refractivity contribution in [1.82, 2.24) is 4.57 Å². The van der Waals surface area contributed by atoms with Crippen molar-refractivity contribution < 1.29 is 0 Å². The van der Waals surface area contributed by atoms with E-state index in [1.807, 2.05) is 152 Å². The predicted molar refractivity (Wildman–Crippen MR) is 372 cm³/mol. The second-order valence-electron chi connectivity index (χ2n) is 19.8. The van der Waals surface area contributed by atoms with Gasteiger partial charge in [0, 0.05) is 90.5 Å². The van der Waals surface area contributed by atoms with E-state index in [0.717, 1.165) is 56.1 Å². The highest BCUT2D eigenvalue weighted by Crippen LogP contribution is 2.50. The van der Waals surface area contributed by atoms with E-state index in [0.29, 0.717) is 139 Å². The van der Waals surface area contributed by atoms with Gasteiger partial charge in [-0.25, -0.2) is 9.98 Å². The first-order valence-corrected chi connectivity index (χ1v) is 33.1. The molecule has 5 aliphatic heterocycles. The molecule has 0 fully saturated rings. The molecule has 6 aromatic carbocycles. The molecular formula is C67H32Cl12N4S3. The van der Waals surface area contributed by atoms with Crippen molar-refractivity contribution in [3.8, 4) is 0 Å². The van der Waals surface area contributed by atoms with Crippen LogP contribution in [0.4, 0.5) is 5.69 Å². The number of fused-ring (bicyclic) bond motifs is 1. The number of halogens is 12. The van der Waals surface area contributed by atoms with Gasteiger partial charge in [-0.15, -0.1) is 34.0 Å². The van der Waals surface area contributed by atoms with Crippen molar-refractivity contribution in [2.75, 3.05) is 5.32 Å². The molecule has 14 bridgehead atoms. The summed E-state index contributed by atoms with van der Waals surface area (Å²) in [5.41, 5.74) is 10.8. The minimum Gasteiger partial charge on any atom is -0.366 e.